The maximum Gasteiger partial charge on any atom is 0.406 e. The molecule has 0 aromatic carbocycles. The first kappa shape index (κ1) is 19.9. The lowest BCUT2D eigenvalue weighted by molar-refractivity contribution is 0.147. The van der Waals surface area contributed by atoms with Crippen molar-refractivity contribution in [3.63, 3.8) is 0 Å². The third-order valence-electron chi connectivity index (χ3n) is 2.31. The topological polar surface area (TPSA) is 115 Å². The Morgan fingerprint density at radius 2 is 0.955 bits per heavy atom. The quantitative estimate of drug-likeness (QED) is 0.417. The zero-order chi connectivity index (χ0) is 16.8. The predicted molar refractivity (Wildman–Crippen MR) is 80.8 cm³/mol. The van der Waals surface area contributed by atoms with Gasteiger partial charge in [-0.1, -0.05) is 0 Å². The summed E-state index contributed by atoms with van der Waals surface area (Å²) in [7, 11) is 0. The van der Waals surface area contributed by atoms with Crippen molar-refractivity contribution in [1.82, 2.24) is 16.0 Å². The molecule has 0 aromatic heterocycles. The Hall–Kier alpha value is -2.13. The minimum absolute atomic E-state index is 0.0371. The number of amides is 3. The Bertz CT molecular complexity index is 303. The highest BCUT2D eigenvalue weighted by Gasteiger charge is 2.21. The summed E-state index contributed by atoms with van der Waals surface area (Å²) in [4.78, 5) is 33.8. The summed E-state index contributed by atoms with van der Waals surface area (Å²) >= 11 is 0. The first-order valence-electron chi connectivity index (χ1n) is 7.25. The summed E-state index contributed by atoms with van der Waals surface area (Å²) in [6.07, 6.45) is -1.74. The predicted octanol–water partition coefficient (Wildman–Crippen LogP) is 0.337. The van der Waals surface area contributed by atoms with Crippen LogP contribution in [0.1, 0.15) is 20.8 Å². The fourth-order valence-electron chi connectivity index (χ4n) is 1.31. The van der Waals surface area contributed by atoms with Crippen LogP contribution < -0.4 is 16.0 Å². The van der Waals surface area contributed by atoms with Crippen molar-refractivity contribution in [2.24, 2.45) is 0 Å². The zero-order valence-corrected chi connectivity index (χ0v) is 13.3. The van der Waals surface area contributed by atoms with Crippen LogP contribution >= 0.6 is 0 Å². The van der Waals surface area contributed by atoms with Crippen molar-refractivity contribution >= 4 is 25.0 Å². The van der Waals surface area contributed by atoms with Gasteiger partial charge in [-0.15, -0.1) is 0 Å². The van der Waals surface area contributed by atoms with Gasteiger partial charge in [-0.3, -0.25) is 0 Å². The van der Waals surface area contributed by atoms with E-state index in [9.17, 15) is 14.4 Å². The summed E-state index contributed by atoms with van der Waals surface area (Å²) in [5.74, 6) is 0. The minimum atomic E-state index is -0.580. The number of rotatable bonds is 9. The number of alkyl carbamates (subject to hydrolysis) is 3. The molecule has 0 radical (unpaired) electrons. The van der Waals surface area contributed by atoms with Crippen LogP contribution in [0.25, 0.3) is 0 Å². The molecule has 0 aromatic rings. The van der Waals surface area contributed by atoms with Gasteiger partial charge in [0.15, 0.2) is 0 Å². The second kappa shape index (κ2) is 12.6. The highest BCUT2D eigenvalue weighted by molar-refractivity contribution is 6.58. The molecule has 0 saturated carbocycles. The molecular weight excluding hydrogens is 293 g/mol. The SMILES string of the molecule is CCNC(=O)OCB(COC(=O)NCC)COC(=O)NCC. The van der Waals surface area contributed by atoms with Crippen LogP contribution in [0.2, 0.25) is 0 Å². The van der Waals surface area contributed by atoms with Gasteiger partial charge in [0.1, 0.15) is 0 Å². The van der Waals surface area contributed by atoms with E-state index in [0.29, 0.717) is 19.6 Å². The van der Waals surface area contributed by atoms with Crippen molar-refractivity contribution < 1.29 is 28.6 Å². The zero-order valence-electron chi connectivity index (χ0n) is 13.3. The number of carbonyl (C=O) groups is 3. The van der Waals surface area contributed by atoms with Crippen LogP contribution in [0, 0.1) is 0 Å². The molecule has 3 N–H and O–H groups in total. The van der Waals surface area contributed by atoms with Crippen molar-refractivity contribution in [2.75, 3.05) is 39.2 Å². The van der Waals surface area contributed by atoms with E-state index in [0.717, 1.165) is 0 Å². The molecule has 0 rings (SSSR count). The van der Waals surface area contributed by atoms with E-state index < -0.39 is 25.0 Å². The summed E-state index contributed by atoms with van der Waals surface area (Å²) in [5, 5.41) is 7.41. The molecule has 22 heavy (non-hydrogen) atoms. The number of ether oxygens (including phenoxy) is 3. The van der Waals surface area contributed by atoms with Gasteiger partial charge in [0.2, 0.25) is 0 Å². The number of carbonyl (C=O) groups excluding carboxylic acids is 3. The first-order valence-corrected chi connectivity index (χ1v) is 7.25. The lowest BCUT2D eigenvalue weighted by Crippen LogP contribution is -2.40. The molecule has 0 saturated heterocycles. The first-order chi connectivity index (χ1) is 10.5. The van der Waals surface area contributed by atoms with Crippen LogP contribution in [0.5, 0.6) is 0 Å². The fraction of sp³-hybridized carbons (Fsp3) is 0.750. The number of hydrogen-bond donors (Lipinski definition) is 3. The smallest absolute Gasteiger partial charge is 0.406 e. The van der Waals surface area contributed by atoms with Crippen molar-refractivity contribution in [3.8, 4) is 0 Å². The Labute approximate surface area is 130 Å². The molecule has 126 valence electrons. The van der Waals surface area contributed by atoms with Gasteiger partial charge in [0, 0.05) is 19.6 Å². The third-order valence-corrected chi connectivity index (χ3v) is 2.31. The van der Waals surface area contributed by atoms with E-state index in [1.165, 1.54) is 0 Å². The molecule has 0 atom stereocenters. The molecule has 0 spiro atoms. The molecule has 0 aliphatic heterocycles. The third kappa shape index (κ3) is 10.6. The van der Waals surface area contributed by atoms with Crippen LogP contribution in [0.4, 0.5) is 14.4 Å². The second-order valence-electron chi connectivity index (χ2n) is 4.25. The number of nitrogens with one attached hydrogen (secondary N) is 3. The molecule has 10 heteroatoms. The summed E-state index contributed by atoms with van der Waals surface area (Å²) in [6, 6.07) is 0. The van der Waals surface area contributed by atoms with Gasteiger partial charge in [0.05, 0.1) is 19.5 Å². The second-order valence-corrected chi connectivity index (χ2v) is 4.25. The molecule has 0 aliphatic carbocycles. The van der Waals surface area contributed by atoms with Crippen molar-refractivity contribution in [2.45, 2.75) is 20.8 Å². The average Bonchev–Trinajstić information content (AvgIpc) is 2.47. The molecule has 0 aliphatic rings. The maximum atomic E-state index is 11.3. The van der Waals surface area contributed by atoms with E-state index in [1.807, 2.05) is 0 Å². The fourth-order valence-corrected chi connectivity index (χ4v) is 1.31. The Balaban J connectivity index is 4.26. The molecule has 9 nitrogen and oxygen atoms in total. The standard InChI is InChI=1S/C12H24BN3O6/c1-4-14-10(17)20-7-13(8-21-11(18)15-5-2)9-22-12(19)16-6-3/h4-9H2,1-3H3,(H,14,17)(H,15,18)(H,16,19). The summed E-state index contributed by atoms with van der Waals surface area (Å²) < 4.78 is 14.9. The molecule has 0 bridgehead atoms. The van der Waals surface area contributed by atoms with Crippen molar-refractivity contribution in [3.05, 3.63) is 0 Å². The van der Waals surface area contributed by atoms with E-state index in [-0.39, 0.29) is 19.5 Å². The van der Waals surface area contributed by atoms with Crippen LogP contribution in [0.15, 0.2) is 0 Å². The normalized spacial score (nSPS) is 9.41. The van der Waals surface area contributed by atoms with E-state index >= 15 is 0 Å². The maximum absolute atomic E-state index is 11.3. The molecule has 0 unspecified atom stereocenters. The van der Waals surface area contributed by atoms with E-state index in [2.05, 4.69) is 16.0 Å². The van der Waals surface area contributed by atoms with E-state index in [4.69, 9.17) is 14.2 Å². The lowest BCUT2D eigenvalue weighted by atomic mass is 9.52. The Morgan fingerprint density at radius 1 is 0.682 bits per heavy atom. The largest absolute Gasteiger partial charge is 0.458 e. The van der Waals surface area contributed by atoms with Gasteiger partial charge in [0.25, 0.3) is 6.71 Å². The van der Waals surface area contributed by atoms with E-state index in [1.54, 1.807) is 20.8 Å². The van der Waals surface area contributed by atoms with Crippen LogP contribution in [0.3, 0.4) is 0 Å². The lowest BCUT2D eigenvalue weighted by Gasteiger charge is -2.15. The highest BCUT2D eigenvalue weighted by atomic mass is 16.6. The van der Waals surface area contributed by atoms with Gasteiger partial charge in [-0.25, -0.2) is 14.4 Å². The Kier molecular flexibility index (Phi) is 11.4. The van der Waals surface area contributed by atoms with Crippen LogP contribution in [-0.2, 0) is 14.2 Å². The minimum Gasteiger partial charge on any atom is -0.458 e. The van der Waals surface area contributed by atoms with Crippen molar-refractivity contribution in [1.29, 1.82) is 0 Å². The molecular formula is C12H24BN3O6. The summed E-state index contributed by atoms with van der Waals surface area (Å²) in [5.41, 5.74) is 0. The van der Waals surface area contributed by atoms with Crippen LogP contribution in [-0.4, -0.2) is 64.1 Å². The van der Waals surface area contributed by atoms with Gasteiger partial charge >= 0.3 is 18.3 Å². The summed E-state index contributed by atoms with van der Waals surface area (Å²) in [6.45, 7) is 6.03. The Morgan fingerprint density at radius 3 is 1.18 bits per heavy atom. The monoisotopic (exact) mass is 317 g/mol. The number of hydrogen-bond acceptors (Lipinski definition) is 6. The molecule has 0 fully saturated rings. The molecule has 0 heterocycles. The van der Waals surface area contributed by atoms with Gasteiger partial charge in [-0.05, 0) is 20.8 Å². The average molecular weight is 317 g/mol. The highest BCUT2D eigenvalue weighted by Crippen LogP contribution is 1.93. The molecule has 3 amide bonds. The van der Waals surface area contributed by atoms with Gasteiger partial charge in [-0.2, -0.15) is 0 Å². The van der Waals surface area contributed by atoms with Gasteiger partial charge < -0.3 is 30.2 Å².